The van der Waals surface area contributed by atoms with Gasteiger partial charge in [-0.3, -0.25) is 9.59 Å². The molecule has 0 bridgehead atoms. The first kappa shape index (κ1) is 18.7. The van der Waals surface area contributed by atoms with Crippen molar-refractivity contribution >= 4 is 17.5 Å². The molecule has 4 heteroatoms. The summed E-state index contributed by atoms with van der Waals surface area (Å²) < 4.78 is 0. The predicted molar refractivity (Wildman–Crippen MR) is 102 cm³/mol. The lowest BCUT2D eigenvalue weighted by Crippen LogP contribution is -2.36. The summed E-state index contributed by atoms with van der Waals surface area (Å²) in [6.07, 6.45) is 0.300. The summed E-state index contributed by atoms with van der Waals surface area (Å²) in [4.78, 5) is 26.1. The van der Waals surface area contributed by atoms with Crippen LogP contribution in [0.2, 0.25) is 0 Å². The third-order valence-electron chi connectivity index (χ3n) is 4.48. The molecule has 2 amide bonds. The third kappa shape index (κ3) is 4.92. The maximum Gasteiger partial charge on any atom is 0.243 e. The van der Waals surface area contributed by atoms with Crippen LogP contribution in [0.3, 0.4) is 0 Å². The fraction of sp³-hybridized carbons (Fsp3) is 0.333. The van der Waals surface area contributed by atoms with E-state index in [0.29, 0.717) is 6.42 Å². The second kappa shape index (κ2) is 7.97. The lowest BCUT2D eigenvalue weighted by Gasteiger charge is -2.18. The van der Waals surface area contributed by atoms with Crippen molar-refractivity contribution in [2.75, 3.05) is 18.9 Å². The number of benzene rings is 2. The molecule has 0 spiro atoms. The van der Waals surface area contributed by atoms with Crippen LogP contribution in [0.5, 0.6) is 0 Å². The van der Waals surface area contributed by atoms with E-state index in [-0.39, 0.29) is 18.4 Å². The number of carbonyl (C=O) groups is 2. The number of aryl methyl sites for hydroxylation is 4. The van der Waals surface area contributed by atoms with E-state index in [4.69, 9.17) is 0 Å². The van der Waals surface area contributed by atoms with Gasteiger partial charge in [0.05, 0.1) is 13.0 Å². The number of hydrogen-bond acceptors (Lipinski definition) is 2. The second-order valence-corrected chi connectivity index (χ2v) is 6.66. The highest BCUT2D eigenvalue weighted by molar-refractivity contribution is 5.95. The molecule has 2 aromatic rings. The number of nitrogens with one attached hydrogen (secondary N) is 1. The van der Waals surface area contributed by atoms with Crippen LogP contribution in [0.25, 0.3) is 0 Å². The zero-order valence-electron chi connectivity index (χ0n) is 15.6. The highest BCUT2D eigenvalue weighted by Gasteiger charge is 2.15. The predicted octanol–water partition coefficient (Wildman–Crippen LogP) is 3.56. The van der Waals surface area contributed by atoms with Gasteiger partial charge in [-0.25, -0.2) is 0 Å². The van der Waals surface area contributed by atoms with Gasteiger partial charge >= 0.3 is 0 Å². The first-order chi connectivity index (χ1) is 11.8. The van der Waals surface area contributed by atoms with Gasteiger partial charge in [-0.2, -0.15) is 0 Å². The smallest absolute Gasteiger partial charge is 0.243 e. The Hall–Kier alpha value is -2.62. The van der Waals surface area contributed by atoms with Crippen molar-refractivity contribution in [3.05, 3.63) is 64.2 Å². The molecule has 0 aliphatic rings. The van der Waals surface area contributed by atoms with Crippen molar-refractivity contribution in [2.45, 2.75) is 34.1 Å². The number of anilines is 1. The minimum atomic E-state index is -0.187. The zero-order valence-corrected chi connectivity index (χ0v) is 15.6. The molecule has 0 aliphatic heterocycles. The van der Waals surface area contributed by atoms with E-state index in [1.807, 2.05) is 64.1 Å². The van der Waals surface area contributed by atoms with Crippen LogP contribution >= 0.6 is 0 Å². The summed E-state index contributed by atoms with van der Waals surface area (Å²) in [6, 6.07) is 11.9. The van der Waals surface area contributed by atoms with Crippen LogP contribution in [0.15, 0.2) is 36.4 Å². The average molecular weight is 338 g/mol. The molecule has 0 saturated carbocycles. The molecule has 0 heterocycles. The Bertz CT molecular complexity index is 776. The number of likely N-dealkylation sites (N-methyl/N-ethyl adjacent to an activating group) is 1. The topological polar surface area (TPSA) is 49.4 Å². The Morgan fingerprint density at radius 3 is 2.16 bits per heavy atom. The van der Waals surface area contributed by atoms with Crippen molar-refractivity contribution < 1.29 is 9.59 Å². The highest BCUT2D eigenvalue weighted by Crippen LogP contribution is 2.19. The molecule has 1 N–H and O–H groups in total. The van der Waals surface area contributed by atoms with Crippen LogP contribution in [0.4, 0.5) is 5.69 Å². The molecule has 0 aromatic heterocycles. The summed E-state index contributed by atoms with van der Waals surface area (Å²) in [5, 5.41) is 2.91. The second-order valence-electron chi connectivity index (χ2n) is 6.66. The summed E-state index contributed by atoms with van der Waals surface area (Å²) in [7, 11) is 1.66. The molecule has 4 nitrogen and oxygen atoms in total. The molecule has 2 aromatic carbocycles. The van der Waals surface area contributed by atoms with E-state index in [2.05, 4.69) is 5.32 Å². The number of nitrogens with zero attached hydrogens (tertiary/aromatic N) is 1. The minimum Gasteiger partial charge on any atom is -0.336 e. The molecular formula is C21H26N2O2. The Kier molecular flexibility index (Phi) is 5.97. The normalized spacial score (nSPS) is 10.4. The Balaban J connectivity index is 1.96. The van der Waals surface area contributed by atoms with Gasteiger partial charge in [0.1, 0.15) is 0 Å². The van der Waals surface area contributed by atoms with E-state index in [9.17, 15) is 9.59 Å². The van der Waals surface area contributed by atoms with E-state index >= 15 is 0 Å². The molecule has 25 heavy (non-hydrogen) atoms. The van der Waals surface area contributed by atoms with Gasteiger partial charge in [0.15, 0.2) is 0 Å². The van der Waals surface area contributed by atoms with Gasteiger partial charge in [0.2, 0.25) is 11.8 Å². The quantitative estimate of drug-likeness (QED) is 0.906. The van der Waals surface area contributed by atoms with Crippen molar-refractivity contribution in [2.24, 2.45) is 0 Å². The van der Waals surface area contributed by atoms with Gasteiger partial charge in [0, 0.05) is 12.7 Å². The summed E-state index contributed by atoms with van der Waals surface area (Å²) >= 11 is 0. The summed E-state index contributed by atoms with van der Waals surface area (Å²) in [5.74, 6) is -0.256. The zero-order chi connectivity index (χ0) is 18.6. The van der Waals surface area contributed by atoms with Crippen LogP contribution in [-0.2, 0) is 16.0 Å². The Morgan fingerprint density at radius 2 is 1.56 bits per heavy atom. The van der Waals surface area contributed by atoms with Crippen LogP contribution in [0.1, 0.15) is 27.8 Å². The van der Waals surface area contributed by atoms with E-state index in [0.717, 1.165) is 22.4 Å². The molecule has 0 saturated heterocycles. The number of amides is 2. The van der Waals surface area contributed by atoms with E-state index in [1.54, 1.807) is 7.05 Å². The summed E-state index contributed by atoms with van der Waals surface area (Å²) in [5.41, 5.74) is 6.19. The maximum atomic E-state index is 12.4. The molecule has 2 rings (SSSR count). The fourth-order valence-electron chi connectivity index (χ4n) is 2.72. The molecule has 0 fully saturated rings. The lowest BCUT2D eigenvalue weighted by molar-refractivity contribution is -0.132. The first-order valence-corrected chi connectivity index (χ1v) is 8.44. The molecule has 0 aliphatic carbocycles. The Morgan fingerprint density at radius 1 is 0.920 bits per heavy atom. The van der Waals surface area contributed by atoms with E-state index < -0.39 is 0 Å². The first-order valence-electron chi connectivity index (χ1n) is 8.44. The standard InChI is InChI=1S/C21H26N2O2/c1-14-9-10-18(11-17(14)4)12-20(25)23(5)13-19(24)22-21-15(2)7-6-8-16(21)3/h6-11H,12-13H2,1-5H3,(H,22,24). The van der Waals surface area contributed by atoms with Crippen molar-refractivity contribution in [1.82, 2.24) is 4.90 Å². The van der Waals surface area contributed by atoms with Gasteiger partial charge in [0.25, 0.3) is 0 Å². The van der Waals surface area contributed by atoms with Crippen LogP contribution in [-0.4, -0.2) is 30.3 Å². The van der Waals surface area contributed by atoms with Gasteiger partial charge in [-0.1, -0.05) is 36.4 Å². The average Bonchev–Trinajstić information content (AvgIpc) is 2.54. The number of para-hydroxylation sites is 1. The highest BCUT2D eigenvalue weighted by atomic mass is 16.2. The SMILES string of the molecule is Cc1ccc(CC(=O)N(C)CC(=O)Nc2c(C)cccc2C)cc1C. The van der Waals surface area contributed by atoms with Crippen molar-refractivity contribution in [1.29, 1.82) is 0 Å². The van der Waals surface area contributed by atoms with Crippen molar-refractivity contribution in [3.63, 3.8) is 0 Å². The van der Waals surface area contributed by atoms with Gasteiger partial charge in [-0.05, 0) is 55.5 Å². The van der Waals surface area contributed by atoms with E-state index in [1.165, 1.54) is 16.0 Å². The largest absolute Gasteiger partial charge is 0.336 e. The molecule has 0 atom stereocenters. The van der Waals surface area contributed by atoms with Crippen LogP contribution in [0, 0.1) is 27.7 Å². The molecule has 132 valence electrons. The number of rotatable bonds is 5. The Labute approximate surface area is 149 Å². The fourth-order valence-corrected chi connectivity index (χ4v) is 2.72. The molecule has 0 unspecified atom stereocenters. The molecular weight excluding hydrogens is 312 g/mol. The number of carbonyl (C=O) groups excluding carboxylic acids is 2. The lowest BCUT2D eigenvalue weighted by atomic mass is 10.0. The maximum absolute atomic E-state index is 12.4. The van der Waals surface area contributed by atoms with Gasteiger partial charge < -0.3 is 10.2 Å². The van der Waals surface area contributed by atoms with Gasteiger partial charge in [-0.15, -0.1) is 0 Å². The number of hydrogen-bond donors (Lipinski definition) is 1. The van der Waals surface area contributed by atoms with Crippen molar-refractivity contribution in [3.8, 4) is 0 Å². The monoisotopic (exact) mass is 338 g/mol. The third-order valence-corrected chi connectivity index (χ3v) is 4.48. The summed E-state index contributed by atoms with van der Waals surface area (Å²) in [6.45, 7) is 8.03. The minimum absolute atomic E-state index is 0.0391. The van der Waals surface area contributed by atoms with Crippen LogP contribution < -0.4 is 5.32 Å². The molecule has 0 radical (unpaired) electrons.